The summed E-state index contributed by atoms with van der Waals surface area (Å²) >= 11 is 1.36. The van der Waals surface area contributed by atoms with Crippen LogP contribution >= 0.6 is 11.8 Å². The normalized spacial score (nSPS) is 10.6. The molecule has 1 aromatic carbocycles. The number of methoxy groups -OCH3 is 1. The number of hydrogen-bond acceptors (Lipinski definition) is 8. The van der Waals surface area contributed by atoms with Gasteiger partial charge in [-0.3, -0.25) is 9.59 Å². The summed E-state index contributed by atoms with van der Waals surface area (Å²) in [4.78, 5) is 24.8. The number of rotatable bonds is 9. The van der Waals surface area contributed by atoms with Gasteiger partial charge in [0.2, 0.25) is 16.5 Å². The third-order valence-electron chi connectivity index (χ3n) is 4.10. The Hall–Kier alpha value is -3.34. The van der Waals surface area contributed by atoms with Crippen molar-refractivity contribution in [3.8, 4) is 11.5 Å². The molecule has 3 aromatic rings. The molecule has 10 nitrogen and oxygen atoms in total. The van der Waals surface area contributed by atoms with Crippen molar-refractivity contribution in [1.29, 1.82) is 0 Å². The van der Waals surface area contributed by atoms with Gasteiger partial charge in [0, 0.05) is 30.2 Å². The number of tetrazole rings is 1. The number of carbonyl (C=O) groups excluding carboxylic acids is 1. The van der Waals surface area contributed by atoms with Crippen LogP contribution in [0.4, 0.5) is 5.69 Å². The summed E-state index contributed by atoms with van der Waals surface area (Å²) in [6.45, 7) is 2.49. The highest BCUT2D eigenvalue weighted by Gasteiger charge is 2.13. The van der Waals surface area contributed by atoms with E-state index in [-0.39, 0.29) is 23.6 Å². The topological polar surface area (TPSA) is 113 Å². The van der Waals surface area contributed by atoms with Crippen molar-refractivity contribution in [3.05, 3.63) is 52.4 Å². The van der Waals surface area contributed by atoms with Crippen LogP contribution in [0.1, 0.15) is 12.6 Å². The fourth-order valence-electron chi connectivity index (χ4n) is 2.66. The number of ether oxygens (including phenoxy) is 2. The van der Waals surface area contributed by atoms with Gasteiger partial charge in [0.25, 0.3) is 0 Å². The van der Waals surface area contributed by atoms with Crippen LogP contribution in [0.3, 0.4) is 0 Å². The quantitative estimate of drug-likeness (QED) is 0.511. The Morgan fingerprint density at radius 1 is 1.27 bits per heavy atom. The van der Waals surface area contributed by atoms with Crippen LogP contribution in [0.2, 0.25) is 0 Å². The van der Waals surface area contributed by atoms with Crippen LogP contribution < -0.4 is 20.2 Å². The molecule has 0 spiro atoms. The van der Waals surface area contributed by atoms with Crippen molar-refractivity contribution in [3.63, 3.8) is 0 Å². The highest BCUT2D eigenvalue weighted by Crippen LogP contribution is 2.20. The van der Waals surface area contributed by atoms with E-state index < -0.39 is 0 Å². The van der Waals surface area contributed by atoms with E-state index in [1.807, 2.05) is 6.92 Å². The first-order valence-corrected chi connectivity index (χ1v) is 10.1. The minimum atomic E-state index is -0.257. The van der Waals surface area contributed by atoms with E-state index in [1.165, 1.54) is 35.8 Å². The number of benzene rings is 1. The zero-order chi connectivity index (χ0) is 21.5. The highest BCUT2D eigenvalue weighted by atomic mass is 32.2. The van der Waals surface area contributed by atoms with Crippen molar-refractivity contribution in [2.45, 2.75) is 24.4 Å². The lowest BCUT2D eigenvalue weighted by atomic mass is 10.3. The van der Waals surface area contributed by atoms with Gasteiger partial charge >= 0.3 is 0 Å². The number of aromatic nitrogens is 5. The van der Waals surface area contributed by atoms with Crippen LogP contribution in [0.5, 0.6) is 11.5 Å². The van der Waals surface area contributed by atoms with Crippen molar-refractivity contribution in [2.75, 3.05) is 19.0 Å². The second-order valence-electron chi connectivity index (χ2n) is 6.20. The van der Waals surface area contributed by atoms with Gasteiger partial charge in [-0.15, -0.1) is 5.10 Å². The molecule has 11 heteroatoms. The average molecular weight is 430 g/mol. The van der Waals surface area contributed by atoms with Crippen LogP contribution in [0.15, 0.2) is 46.5 Å². The van der Waals surface area contributed by atoms with E-state index in [9.17, 15) is 9.59 Å². The smallest absolute Gasteiger partial charge is 0.244 e. The Bertz CT molecular complexity index is 1060. The summed E-state index contributed by atoms with van der Waals surface area (Å²) in [5.74, 6) is 1.07. The zero-order valence-electron chi connectivity index (χ0n) is 16.9. The van der Waals surface area contributed by atoms with Gasteiger partial charge in [0.15, 0.2) is 5.75 Å². The Morgan fingerprint density at radius 2 is 2.03 bits per heavy atom. The molecule has 0 saturated carbocycles. The van der Waals surface area contributed by atoms with E-state index >= 15 is 0 Å². The van der Waals surface area contributed by atoms with E-state index in [0.717, 1.165) is 5.75 Å². The number of nitrogens with one attached hydrogen (secondary N) is 1. The molecule has 0 aliphatic heterocycles. The zero-order valence-corrected chi connectivity index (χ0v) is 17.7. The summed E-state index contributed by atoms with van der Waals surface area (Å²) in [5, 5.41) is 14.7. The first-order valence-electron chi connectivity index (χ1n) is 9.15. The first kappa shape index (κ1) is 21.4. The van der Waals surface area contributed by atoms with Crippen LogP contribution in [0, 0.1) is 0 Å². The molecule has 0 atom stereocenters. The van der Waals surface area contributed by atoms with Gasteiger partial charge in [-0.05, 0) is 41.6 Å². The second-order valence-corrected chi connectivity index (χ2v) is 7.15. The number of thioether (sulfide) groups is 1. The summed E-state index contributed by atoms with van der Waals surface area (Å²) < 4.78 is 13.7. The number of nitrogens with zero attached hydrogens (tertiary/aromatic N) is 5. The van der Waals surface area contributed by atoms with Crippen molar-refractivity contribution in [1.82, 2.24) is 24.8 Å². The molecule has 0 radical (unpaired) electrons. The molecular formula is C19H22N6O4S. The van der Waals surface area contributed by atoms with Gasteiger partial charge < -0.3 is 19.4 Å². The highest BCUT2D eigenvalue weighted by molar-refractivity contribution is 7.98. The Balaban J connectivity index is 1.74. The van der Waals surface area contributed by atoms with Gasteiger partial charge in [-0.25, -0.2) is 4.68 Å². The molecule has 1 amide bonds. The Morgan fingerprint density at radius 3 is 2.67 bits per heavy atom. The maximum absolute atomic E-state index is 12.6. The summed E-state index contributed by atoms with van der Waals surface area (Å²) in [6.07, 6.45) is 1.53. The minimum absolute atomic E-state index is 0.0107. The first-order chi connectivity index (χ1) is 14.5. The van der Waals surface area contributed by atoms with E-state index in [2.05, 4.69) is 20.8 Å². The molecule has 158 valence electrons. The lowest BCUT2D eigenvalue weighted by molar-refractivity contribution is -0.116. The van der Waals surface area contributed by atoms with E-state index in [1.54, 1.807) is 35.9 Å². The molecule has 0 unspecified atom stereocenters. The van der Waals surface area contributed by atoms with E-state index in [0.29, 0.717) is 28.9 Å². The maximum Gasteiger partial charge on any atom is 0.244 e. The molecule has 2 heterocycles. The number of amides is 1. The molecule has 0 saturated heterocycles. The van der Waals surface area contributed by atoms with Gasteiger partial charge in [-0.1, -0.05) is 11.8 Å². The summed E-state index contributed by atoms with van der Waals surface area (Å²) in [6, 6.07) is 8.58. The molecule has 3 rings (SSSR count). The number of pyridine rings is 1. The monoisotopic (exact) mass is 430 g/mol. The molecule has 30 heavy (non-hydrogen) atoms. The molecule has 2 aromatic heterocycles. The van der Waals surface area contributed by atoms with Crippen molar-refractivity contribution < 1.29 is 14.3 Å². The van der Waals surface area contributed by atoms with Gasteiger partial charge in [0.05, 0.1) is 19.9 Å². The van der Waals surface area contributed by atoms with Gasteiger partial charge in [-0.2, -0.15) is 0 Å². The molecule has 0 aliphatic carbocycles. The Labute approximate surface area is 177 Å². The predicted molar refractivity (Wildman–Crippen MR) is 112 cm³/mol. The van der Waals surface area contributed by atoms with Crippen LogP contribution in [0.25, 0.3) is 0 Å². The molecule has 0 aliphatic rings. The SMILES string of the molecule is CCOc1ccc(NC(=O)Cn2cc(OC)c(=O)cc2CSc2nnnn2C)cc1. The second kappa shape index (κ2) is 9.92. The number of aryl methyl sites for hydroxylation is 1. The average Bonchev–Trinajstić information content (AvgIpc) is 3.14. The van der Waals surface area contributed by atoms with Crippen LogP contribution in [-0.2, 0) is 24.1 Å². The van der Waals surface area contributed by atoms with E-state index in [4.69, 9.17) is 9.47 Å². The lowest BCUT2D eigenvalue weighted by Gasteiger charge is -2.15. The van der Waals surface area contributed by atoms with Crippen LogP contribution in [-0.4, -0.2) is 44.4 Å². The number of anilines is 1. The minimum Gasteiger partial charge on any atom is -0.494 e. The molecule has 0 bridgehead atoms. The van der Waals surface area contributed by atoms with Crippen molar-refractivity contribution in [2.24, 2.45) is 7.05 Å². The fourth-order valence-corrected chi connectivity index (χ4v) is 3.50. The third kappa shape index (κ3) is 5.38. The van der Waals surface area contributed by atoms with Crippen molar-refractivity contribution >= 4 is 23.4 Å². The molecule has 1 N–H and O–H groups in total. The molecule has 0 fully saturated rings. The third-order valence-corrected chi connectivity index (χ3v) is 5.14. The maximum atomic E-state index is 12.6. The fraction of sp³-hybridized carbons (Fsp3) is 0.316. The Kier molecular flexibility index (Phi) is 7.07. The summed E-state index contributed by atoms with van der Waals surface area (Å²) in [7, 11) is 3.15. The summed E-state index contributed by atoms with van der Waals surface area (Å²) in [5.41, 5.74) is 1.04. The largest absolute Gasteiger partial charge is 0.494 e. The lowest BCUT2D eigenvalue weighted by Crippen LogP contribution is -2.22. The number of hydrogen-bond donors (Lipinski definition) is 1. The molecular weight excluding hydrogens is 408 g/mol. The number of carbonyl (C=O) groups is 1. The predicted octanol–water partition coefficient (Wildman–Crippen LogP) is 1.71. The van der Waals surface area contributed by atoms with Gasteiger partial charge in [0.1, 0.15) is 12.3 Å². The standard InChI is InChI=1S/C19H22N6O4S/c1-4-29-15-7-5-13(6-8-15)20-18(27)11-25-10-17(28-3)16(26)9-14(25)12-30-19-21-22-23-24(19)2/h5-10H,4,11-12H2,1-3H3,(H,20,27).